The number of anilines is 1. The van der Waals surface area contributed by atoms with E-state index >= 15 is 0 Å². The lowest BCUT2D eigenvalue weighted by molar-refractivity contribution is -0.186. The van der Waals surface area contributed by atoms with Gasteiger partial charge in [0.15, 0.2) is 0 Å². The molecule has 2 amide bonds. The number of carbonyl (C=O) groups is 2. The molecule has 7 atom stereocenters. The van der Waals surface area contributed by atoms with E-state index in [2.05, 4.69) is 12.2 Å². The molecule has 7 unspecified atom stereocenters. The monoisotopic (exact) mass is 580 g/mol. The maximum atomic E-state index is 13.3. The minimum Gasteiger partial charge on any atom is -0.457 e. The van der Waals surface area contributed by atoms with Gasteiger partial charge >= 0.3 is 6.09 Å². The van der Waals surface area contributed by atoms with E-state index in [9.17, 15) is 24.9 Å². The highest BCUT2D eigenvalue weighted by Gasteiger charge is 2.60. The molecule has 2 aromatic carbocycles. The van der Waals surface area contributed by atoms with Crippen LogP contribution >= 0.6 is 0 Å². The average molecular weight is 581 g/mol. The van der Waals surface area contributed by atoms with Gasteiger partial charge < -0.3 is 29.7 Å². The molecule has 2 aliphatic carbocycles. The van der Waals surface area contributed by atoms with Crippen LogP contribution in [0.4, 0.5) is 10.5 Å². The Hall–Kier alpha value is -3.14. The summed E-state index contributed by atoms with van der Waals surface area (Å²) in [6, 6.07) is 16.3. The van der Waals surface area contributed by atoms with Crippen molar-refractivity contribution in [2.45, 2.75) is 77.0 Å². The number of aliphatic hydroxyl groups is 3. The number of nitrogens with zero attached hydrogens (tertiary/aromatic N) is 1. The van der Waals surface area contributed by atoms with Crippen LogP contribution in [0.5, 0.6) is 11.5 Å². The molecule has 4 N–H and O–H groups in total. The maximum absolute atomic E-state index is 13.3. The average Bonchev–Trinajstić information content (AvgIpc) is 3.47. The van der Waals surface area contributed by atoms with Crippen molar-refractivity contribution < 1.29 is 34.4 Å². The van der Waals surface area contributed by atoms with E-state index in [0.717, 1.165) is 18.6 Å². The summed E-state index contributed by atoms with van der Waals surface area (Å²) in [5, 5.41) is 34.3. The van der Waals surface area contributed by atoms with Gasteiger partial charge in [0.1, 0.15) is 17.6 Å². The van der Waals surface area contributed by atoms with E-state index in [0.29, 0.717) is 43.7 Å². The number of likely N-dealkylation sites (tertiary alicyclic amines) is 1. The number of benzene rings is 2. The molecule has 2 aromatic rings. The molecule has 9 heteroatoms. The number of aliphatic hydroxyl groups excluding tert-OH is 3. The lowest BCUT2D eigenvalue weighted by Crippen LogP contribution is -2.61. The fourth-order valence-corrected chi connectivity index (χ4v) is 7.95. The first-order chi connectivity index (χ1) is 20.2. The number of hydrogen-bond acceptors (Lipinski definition) is 7. The molecule has 5 rings (SSSR count). The lowest BCUT2D eigenvalue weighted by Gasteiger charge is -2.60. The Kier molecular flexibility index (Phi) is 9.11. The van der Waals surface area contributed by atoms with Crippen molar-refractivity contribution in [3.8, 4) is 11.5 Å². The third-order valence-electron chi connectivity index (χ3n) is 10.3. The van der Waals surface area contributed by atoms with Gasteiger partial charge in [0.05, 0.1) is 25.4 Å². The second-order valence-electron chi connectivity index (χ2n) is 12.7. The second-order valence-corrected chi connectivity index (χ2v) is 12.7. The lowest BCUT2D eigenvalue weighted by atomic mass is 9.46. The van der Waals surface area contributed by atoms with Crippen LogP contribution < -0.4 is 10.1 Å². The van der Waals surface area contributed by atoms with Crippen molar-refractivity contribution in [2.24, 2.45) is 22.7 Å². The van der Waals surface area contributed by atoms with E-state index in [-0.39, 0.29) is 43.4 Å². The summed E-state index contributed by atoms with van der Waals surface area (Å²) in [5.41, 5.74) is -0.584. The molecule has 42 heavy (non-hydrogen) atoms. The van der Waals surface area contributed by atoms with Crippen molar-refractivity contribution >= 4 is 17.7 Å². The summed E-state index contributed by atoms with van der Waals surface area (Å²) in [6.07, 6.45) is 2.52. The molecule has 9 nitrogen and oxygen atoms in total. The number of carbonyl (C=O) groups excluding carboxylic acids is 2. The van der Waals surface area contributed by atoms with Crippen molar-refractivity contribution in [2.75, 3.05) is 25.1 Å². The quantitative estimate of drug-likeness (QED) is 0.348. The van der Waals surface area contributed by atoms with Crippen LogP contribution in [0.1, 0.15) is 58.8 Å². The number of rotatable bonds is 8. The van der Waals surface area contributed by atoms with Crippen molar-refractivity contribution in [1.29, 1.82) is 0 Å². The molecule has 3 aliphatic rings. The van der Waals surface area contributed by atoms with Gasteiger partial charge in [0, 0.05) is 24.1 Å². The van der Waals surface area contributed by atoms with Crippen molar-refractivity contribution in [3.05, 3.63) is 54.6 Å². The summed E-state index contributed by atoms with van der Waals surface area (Å²) in [6.45, 7) is 4.49. The van der Waals surface area contributed by atoms with Crippen LogP contribution in [-0.2, 0) is 9.53 Å². The molecule has 1 aliphatic heterocycles. The Labute approximate surface area is 247 Å². The highest BCUT2D eigenvalue weighted by atomic mass is 16.6. The first-order valence-corrected chi connectivity index (χ1v) is 15.2. The first-order valence-electron chi connectivity index (χ1n) is 15.2. The predicted octanol–water partition coefficient (Wildman–Crippen LogP) is 4.96. The Bertz CT molecular complexity index is 1220. The molecule has 3 fully saturated rings. The van der Waals surface area contributed by atoms with Crippen LogP contribution in [0.2, 0.25) is 0 Å². The Balaban J connectivity index is 1.24. The smallest absolute Gasteiger partial charge is 0.411 e. The van der Waals surface area contributed by atoms with E-state index in [1.165, 1.54) is 0 Å². The number of para-hydroxylation sites is 1. The molecule has 0 spiro atoms. The summed E-state index contributed by atoms with van der Waals surface area (Å²) in [7, 11) is 0. The van der Waals surface area contributed by atoms with Gasteiger partial charge in [-0.3, -0.25) is 10.1 Å². The summed E-state index contributed by atoms with van der Waals surface area (Å²) in [5.74, 6) is 1.01. The minimum absolute atomic E-state index is 0.0267. The topological polar surface area (TPSA) is 129 Å². The van der Waals surface area contributed by atoms with E-state index < -0.39 is 29.1 Å². The fourth-order valence-electron chi connectivity index (χ4n) is 7.95. The maximum Gasteiger partial charge on any atom is 0.411 e. The number of fused-ring (bicyclic) bond motifs is 1. The van der Waals surface area contributed by atoms with Crippen molar-refractivity contribution in [1.82, 2.24) is 4.90 Å². The first kappa shape index (κ1) is 30.3. The van der Waals surface area contributed by atoms with Crippen molar-refractivity contribution in [3.63, 3.8) is 0 Å². The van der Waals surface area contributed by atoms with Gasteiger partial charge in [0.2, 0.25) is 5.91 Å². The van der Waals surface area contributed by atoms with Crippen LogP contribution in [-0.4, -0.2) is 70.2 Å². The Morgan fingerprint density at radius 3 is 2.38 bits per heavy atom. The summed E-state index contributed by atoms with van der Waals surface area (Å²) < 4.78 is 11.8. The largest absolute Gasteiger partial charge is 0.457 e. The standard InChI is InChI=1S/C33H44N2O7/c1-32-17-16-29(42-31(40)34-22-10-12-25(13-11-22)41-24-8-4-3-5-9-24)33(2,21-37)28(32)15-14-27(38)26(32)19-30(39)35-18-6-7-23(35)20-36/h3-5,8-13,23,26-29,36-38H,6-7,14-21H2,1-2H3,(H,34,40). The van der Waals surface area contributed by atoms with Crippen LogP contribution in [0.3, 0.4) is 0 Å². The molecule has 1 heterocycles. The molecule has 0 bridgehead atoms. The van der Waals surface area contributed by atoms with E-state index in [1.807, 2.05) is 37.3 Å². The minimum atomic E-state index is -0.736. The molecule has 2 saturated carbocycles. The zero-order valence-corrected chi connectivity index (χ0v) is 24.6. The molecule has 1 saturated heterocycles. The van der Waals surface area contributed by atoms with E-state index in [1.54, 1.807) is 29.2 Å². The highest BCUT2D eigenvalue weighted by Crippen LogP contribution is 2.61. The number of amides is 2. The number of ether oxygens (including phenoxy) is 2. The zero-order chi connectivity index (χ0) is 29.9. The number of nitrogens with one attached hydrogen (secondary N) is 1. The van der Waals surface area contributed by atoms with Crippen LogP contribution in [0.15, 0.2) is 54.6 Å². The Morgan fingerprint density at radius 2 is 1.69 bits per heavy atom. The van der Waals surface area contributed by atoms with Crippen LogP contribution in [0, 0.1) is 22.7 Å². The van der Waals surface area contributed by atoms with E-state index in [4.69, 9.17) is 9.47 Å². The number of hydrogen-bond donors (Lipinski definition) is 4. The molecular formula is C33H44N2O7. The second kappa shape index (κ2) is 12.6. The normalized spacial score (nSPS) is 32.6. The molecule has 228 valence electrons. The van der Waals surface area contributed by atoms with Gasteiger partial charge in [-0.05, 0) is 92.2 Å². The third kappa shape index (κ3) is 6.00. The fraction of sp³-hybridized carbons (Fsp3) is 0.576. The predicted molar refractivity (Wildman–Crippen MR) is 158 cm³/mol. The molecule has 0 radical (unpaired) electrons. The highest BCUT2D eigenvalue weighted by molar-refractivity contribution is 5.84. The van der Waals surface area contributed by atoms with Crippen LogP contribution in [0.25, 0.3) is 0 Å². The van der Waals surface area contributed by atoms with Gasteiger partial charge in [-0.25, -0.2) is 4.79 Å². The zero-order valence-electron chi connectivity index (χ0n) is 24.6. The molecule has 0 aromatic heterocycles. The Morgan fingerprint density at radius 1 is 0.976 bits per heavy atom. The van der Waals surface area contributed by atoms with Gasteiger partial charge in [-0.2, -0.15) is 0 Å². The van der Waals surface area contributed by atoms with Gasteiger partial charge in [0.25, 0.3) is 0 Å². The van der Waals surface area contributed by atoms with Gasteiger partial charge in [-0.1, -0.05) is 32.0 Å². The molecular weight excluding hydrogens is 536 g/mol. The van der Waals surface area contributed by atoms with Gasteiger partial charge in [-0.15, -0.1) is 0 Å². The third-order valence-corrected chi connectivity index (χ3v) is 10.3. The summed E-state index contributed by atoms with van der Waals surface area (Å²) in [4.78, 5) is 28.1. The SMILES string of the molecule is CC1(CO)C(OC(=O)Nc2ccc(Oc3ccccc3)cc2)CCC2(C)C(CC(=O)N3CCCC3CO)C(O)CCC12. The summed E-state index contributed by atoms with van der Waals surface area (Å²) >= 11 is 0.